The smallest absolute Gasteiger partial charge is 0.159 e. The summed E-state index contributed by atoms with van der Waals surface area (Å²) in [6.45, 7) is 2.81. The number of hydrogen-bond donors (Lipinski definition) is 1. The molecule has 6 heteroatoms. The number of nitrogens with one attached hydrogen (secondary N) is 1. The first-order valence-corrected chi connectivity index (χ1v) is 7.36. The lowest BCUT2D eigenvalue weighted by atomic mass is 10.0. The van der Waals surface area contributed by atoms with Crippen LogP contribution in [0, 0.1) is 11.6 Å². The van der Waals surface area contributed by atoms with Crippen LogP contribution >= 0.6 is 15.9 Å². The van der Waals surface area contributed by atoms with Gasteiger partial charge in [0.25, 0.3) is 0 Å². The number of hydrogen-bond acceptors (Lipinski definition) is 2. The Labute approximate surface area is 124 Å². The van der Waals surface area contributed by atoms with E-state index >= 15 is 0 Å². The zero-order valence-electron chi connectivity index (χ0n) is 11.0. The van der Waals surface area contributed by atoms with E-state index in [0.717, 1.165) is 40.9 Å². The summed E-state index contributed by atoms with van der Waals surface area (Å²) in [5, 5.41) is 7.87. The molecule has 1 N–H and O–H groups in total. The molecule has 3 nitrogen and oxygen atoms in total. The highest BCUT2D eigenvalue weighted by Gasteiger charge is 2.26. The number of benzene rings is 1. The molecule has 0 spiro atoms. The Morgan fingerprint density at radius 2 is 2.20 bits per heavy atom. The van der Waals surface area contributed by atoms with Crippen molar-refractivity contribution in [2.75, 3.05) is 11.9 Å². The summed E-state index contributed by atoms with van der Waals surface area (Å²) in [5.41, 5.74) is 1.70. The first-order valence-electron chi connectivity index (χ1n) is 6.57. The molecular formula is C14H14BrF2N3. The second kappa shape index (κ2) is 5.16. The topological polar surface area (TPSA) is 29.9 Å². The Bertz CT molecular complexity index is 654. The Morgan fingerprint density at radius 1 is 1.40 bits per heavy atom. The van der Waals surface area contributed by atoms with Gasteiger partial charge in [-0.3, -0.25) is 0 Å². The molecule has 1 unspecified atom stereocenters. The fourth-order valence-corrected chi connectivity index (χ4v) is 3.23. The highest BCUT2D eigenvalue weighted by Crippen LogP contribution is 2.36. The fraction of sp³-hybridized carbons (Fsp3) is 0.357. The van der Waals surface area contributed by atoms with E-state index in [0.29, 0.717) is 0 Å². The van der Waals surface area contributed by atoms with Crippen LogP contribution in [0.15, 0.2) is 22.7 Å². The van der Waals surface area contributed by atoms with E-state index in [4.69, 9.17) is 0 Å². The van der Waals surface area contributed by atoms with Gasteiger partial charge in [-0.15, -0.1) is 0 Å². The predicted octanol–water partition coefficient (Wildman–Crippen LogP) is 3.89. The highest BCUT2D eigenvalue weighted by atomic mass is 79.9. The van der Waals surface area contributed by atoms with Crippen molar-refractivity contribution in [3.63, 3.8) is 0 Å². The number of nitrogens with zero attached hydrogens (tertiary/aromatic N) is 2. The molecule has 20 heavy (non-hydrogen) atoms. The van der Waals surface area contributed by atoms with Gasteiger partial charge in [0.1, 0.15) is 5.82 Å². The van der Waals surface area contributed by atoms with E-state index in [1.807, 2.05) is 11.6 Å². The van der Waals surface area contributed by atoms with Crippen LogP contribution in [0.4, 0.5) is 14.6 Å². The molecule has 1 aromatic carbocycles. The van der Waals surface area contributed by atoms with Crippen molar-refractivity contribution in [3.05, 3.63) is 45.6 Å². The summed E-state index contributed by atoms with van der Waals surface area (Å²) in [4.78, 5) is 0. The molecule has 106 valence electrons. The van der Waals surface area contributed by atoms with Crippen LogP contribution in [0.5, 0.6) is 0 Å². The SMILES string of the molecule is CCc1nn2c(c1Br)NCCC2c1ccc(F)c(F)c1. The van der Waals surface area contributed by atoms with Gasteiger partial charge in [0.05, 0.1) is 16.2 Å². The maximum absolute atomic E-state index is 13.4. The quantitative estimate of drug-likeness (QED) is 0.897. The second-order valence-corrected chi connectivity index (χ2v) is 5.61. The first-order chi connectivity index (χ1) is 9.61. The Balaban J connectivity index is 2.07. The molecule has 1 aliphatic rings. The number of anilines is 1. The minimum Gasteiger partial charge on any atom is -0.369 e. The van der Waals surface area contributed by atoms with Crippen molar-refractivity contribution in [1.29, 1.82) is 0 Å². The third-order valence-electron chi connectivity index (χ3n) is 3.59. The minimum atomic E-state index is -0.821. The third-order valence-corrected chi connectivity index (χ3v) is 4.42. The van der Waals surface area contributed by atoms with Gasteiger partial charge in [0.15, 0.2) is 11.6 Å². The normalized spacial score (nSPS) is 17.7. The first kappa shape index (κ1) is 13.5. The van der Waals surface area contributed by atoms with Crippen molar-refractivity contribution in [3.8, 4) is 0 Å². The minimum absolute atomic E-state index is 0.0713. The molecule has 1 aliphatic heterocycles. The molecule has 1 atom stereocenters. The third kappa shape index (κ3) is 2.12. The van der Waals surface area contributed by atoms with Gasteiger partial charge in [0.2, 0.25) is 0 Å². The van der Waals surface area contributed by atoms with Crippen molar-refractivity contribution in [1.82, 2.24) is 9.78 Å². The number of rotatable bonds is 2. The maximum atomic E-state index is 13.4. The van der Waals surface area contributed by atoms with Gasteiger partial charge < -0.3 is 5.32 Å². The molecule has 0 aliphatic carbocycles. The predicted molar refractivity (Wildman–Crippen MR) is 76.9 cm³/mol. The molecule has 0 radical (unpaired) electrons. The van der Waals surface area contributed by atoms with Gasteiger partial charge in [-0.25, -0.2) is 13.5 Å². The van der Waals surface area contributed by atoms with Gasteiger partial charge in [-0.05, 0) is 46.5 Å². The van der Waals surface area contributed by atoms with Crippen LogP contribution in [0.1, 0.15) is 30.6 Å². The average Bonchev–Trinajstić information content (AvgIpc) is 2.79. The second-order valence-electron chi connectivity index (χ2n) is 4.81. The van der Waals surface area contributed by atoms with Gasteiger partial charge in [-0.1, -0.05) is 13.0 Å². The van der Waals surface area contributed by atoms with Crippen molar-refractivity contribution in [2.24, 2.45) is 0 Å². The van der Waals surface area contributed by atoms with Crippen LogP contribution < -0.4 is 5.32 Å². The van der Waals surface area contributed by atoms with Crippen LogP contribution in [0.25, 0.3) is 0 Å². The van der Waals surface area contributed by atoms with Crippen molar-refractivity contribution < 1.29 is 8.78 Å². The summed E-state index contributed by atoms with van der Waals surface area (Å²) in [6.07, 6.45) is 1.60. The molecule has 0 bridgehead atoms. The standard InChI is InChI=1S/C14H14BrF2N3/c1-2-11-13(15)14-18-6-5-12(20(14)19-11)8-3-4-9(16)10(17)7-8/h3-4,7,12,18H,2,5-6H2,1H3. The highest BCUT2D eigenvalue weighted by molar-refractivity contribution is 9.10. The summed E-state index contributed by atoms with van der Waals surface area (Å²) < 4.78 is 29.3. The van der Waals surface area contributed by atoms with Gasteiger partial charge in [-0.2, -0.15) is 5.10 Å². The van der Waals surface area contributed by atoms with E-state index in [-0.39, 0.29) is 6.04 Å². The molecule has 1 aromatic heterocycles. The number of aromatic nitrogens is 2. The molecule has 3 rings (SSSR count). The Hall–Kier alpha value is -1.43. The lowest BCUT2D eigenvalue weighted by molar-refractivity contribution is 0.466. The van der Waals surface area contributed by atoms with Crippen LogP contribution in [-0.4, -0.2) is 16.3 Å². The number of fused-ring (bicyclic) bond motifs is 1. The lowest BCUT2D eigenvalue weighted by Gasteiger charge is -2.26. The largest absolute Gasteiger partial charge is 0.369 e. The average molecular weight is 342 g/mol. The molecule has 2 aromatic rings. The molecule has 0 fully saturated rings. The van der Waals surface area contributed by atoms with Crippen LogP contribution in [-0.2, 0) is 6.42 Å². The van der Waals surface area contributed by atoms with Gasteiger partial charge in [0, 0.05) is 6.54 Å². The summed E-state index contributed by atoms with van der Waals surface area (Å²) >= 11 is 3.54. The van der Waals surface area contributed by atoms with Crippen molar-refractivity contribution in [2.45, 2.75) is 25.8 Å². The van der Waals surface area contributed by atoms with E-state index < -0.39 is 11.6 Å². The number of halogens is 3. The zero-order chi connectivity index (χ0) is 14.3. The summed E-state index contributed by atoms with van der Waals surface area (Å²) in [7, 11) is 0. The molecule has 0 saturated carbocycles. The monoisotopic (exact) mass is 341 g/mol. The van der Waals surface area contributed by atoms with Crippen molar-refractivity contribution >= 4 is 21.7 Å². The van der Waals surface area contributed by atoms with Gasteiger partial charge >= 0.3 is 0 Å². The zero-order valence-corrected chi connectivity index (χ0v) is 12.5. The van der Waals surface area contributed by atoms with Crippen LogP contribution in [0.2, 0.25) is 0 Å². The summed E-state index contributed by atoms with van der Waals surface area (Å²) in [6, 6.07) is 3.99. The fourth-order valence-electron chi connectivity index (χ4n) is 2.55. The number of aryl methyl sites for hydroxylation is 1. The lowest BCUT2D eigenvalue weighted by Crippen LogP contribution is -2.24. The molecular weight excluding hydrogens is 328 g/mol. The molecule has 0 saturated heterocycles. The molecule has 2 heterocycles. The Morgan fingerprint density at radius 3 is 2.90 bits per heavy atom. The maximum Gasteiger partial charge on any atom is 0.159 e. The Kier molecular flexibility index (Phi) is 3.50. The van der Waals surface area contributed by atoms with E-state index in [1.54, 1.807) is 6.07 Å². The summed E-state index contributed by atoms with van der Waals surface area (Å²) in [5.74, 6) is -0.730. The van der Waals surface area contributed by atoms with Crippen LogP contribution in [0.3, 0.4) is 0 Å². The van der Waals surface area contributed by atoms with E-state index in [9.17, 15) is 8.78 Å². The van der Waals surface area contributed by atoms with E-state index in [2.05, 4.69) is 26.3 Å². The van der Waals surface area contributed by atoms with E-state index in [1.165, 1.54) is 12.1 Å². The molecule has 0 amide bonds.